The minimum Gasteiger partial charge on any atom is -0.378 e. The number of hydrogen-bond donors (Lipinski definition) is 2. The van der Waals surface area contributed by atoms with E-state index in [0.717, 1.165) is 31.2 Å². The third-order valence-electron chi connectivity index (χ3n) is 4.60. The molecule has 6 nitrogen and oxygen atoms in total. The van der Waals surface area contributed by atoms with Crippen molar-refractivity contribution in [1.82, 2.24) is 20.4 Å². The Kier molecular flexibility index (Phi) is 7.28. The van der Waals surface area contributed by atoms with E-state index in [1.54, 1.807) is 6.20 Å². The van der Waals surface area contributed by atoms with Crippen molar-refractivity contribution in [2.45, 2.75) is 19.9 Å². The van der Waals surface area contributed by atoms with Crippen LogP contribution in [0.4, 0.5) is 5.69 Å². The molecule has 3 rings (SSSR count). The minimum atomic E-state index is 0.648. The number of benzene rings is 2. The lowest BCUT2D eigenvalue weighted by atomic mass is 10.1. The van der Waals surface area contributed by atoms with E-state index in [4.69, 9.17) is 4.99 Å². The van der Waals surface area contributed by atoms with Crippen LogP contribution in [0.5, 0.6) is 0 Å². The summed E-state index contributed by atoms with van der Waals surface area (Å²) in [6.07, 6.45) is 4.67. The SMILES string of the molecule is CCNC(=NCc1cccc(N(C)C)c1)NCCc1ccc(-n2cccn2)cc1. The summed E-state index contributed by atoms with van der Waals surface area (Å²) >= 11 is 0. The largest absolute Gasteiger partial charge is 0.378 e. The Hall–Kier alpha value is -3.28. The molecule has 29 heavy (non-hydrogen) atoms. The van der Waals surface area contributed by atoms with Crippen LogP contribution in [0.2, 0.25) is 0 Å². The summed E-state index contributed by atoms with van der Waals surface area (Å²) in [6.45, 7) is 4.39. The first-order valence-corrected chi connectivity index (χ1v) is 10.0. The Morgan fingerprint density at radius 1 is 1.03 bits per heavy atom. The molecule has 0 aliphatic carbocycles. The number of nitrogens with one attached hydrogen (secondary N) is 2. The first-order valence-electron chi connectivity index (χ1n) is 10.0. The highest BCUT2D eigenvalue weighted by atomic mass is 15.3. The summed E-state index contributed by atoms with van der Waals surface area (Å²) < 4.78 is 1.86. The standard InChI is InChI=1S/C23H30N6/c1-4-24-23(26-18-20-7-5-8-22(17-20)28(2)3)25-15-13-19-9-11-21(12-10-19)29-16-6-14-27-29/h5-12,14,16-17H,4,13,15,18H2,1-3H3,(H2,24,25,26). The normalized spacial score (nSPS) is 11.3. The highest BCUT2D eigenvalue weighted by Crippen LogP contribution is 2.14. The van der Waals surface area contributed by atoms with Crippen molar-refractivity contribution in [3.05, 3.63) is 78.1 Å². The molecule has 1 heterocycles. The highest BCUT2D eigenvalue weighted by molar-refractivity contribution is 5.79. The van der Waals surface area contributed by atoms with Crippen LogP contribution in [0.15, 0.2) is 72.0 Å². The number of nitrogens with zero attached hydrogens (tertiary/aromatic N) is 4. The number of rotatable bonds is 8. The molecule has 0 amide bonds. The average Bonchev–Trinajstić information content (AvgIpc) is 3.27. The van der Waals surface area contributed by atoms with Gasteiger partial charge in [-0.25, -0.2) is 9.67 Å². The second-order valence-electron chi connectivity index (χ2n) is 7.05. The predicted molar refractivity (Wildman–Crippen MR) is 121 cm³/mol. The van der Waals surface area contributed by atoms with Crippen LogP contribution in [-0.2, 0) is 13.0 Å². The van der Waals surface area contributed by atoms with Crippen molar-refractivity contribution in [2.24, 2.45) is 4.99 Å². The van der Waals surface area contributed by atoms with E-state index in [-0.39, 0.29) is 0 Å². The second kappa shape index (κ2) is 10.3. The summed E-state index contributed by atoms with van der Waals surface area (Å²) in [7, 11) is 4.10. The molecule has 0 aliphatic rings. The summed E-state index contributed by atoms with van der Waals surface area (Å²) in [6, 6.07) is 18.9. The molecule has 0 radical (unpaired) electrons. The van der Waals surface area contributed by atoms with Gasteiger partial charge in [-0.05, 0) is 54.8 Å². The lowest BCUT2D eigenvalue weighted by Crippen LogP contribution is -2.38. The van der Waals surface area contributed by atoms with Crippen LogP contribution in [0, 0.1) is 0 Å². The third kappa shape index (κ3) is 6.10. The van der Waals surface area contributed by atoms with Gasteiger partial charge in [0.05, 0.1) is 12.2 Å². The number of aliphatic imine (C=N–C) groups is 1. The predicted octanol–water partition coefficient (Wildman–Crippen LogP) is 3.24. The topological polar surface area (TPSA) is 57.5 Å². The Morgan fingerprint density at radius 2 is 1.86 bits per heavy atom. The quantitative estimate of drug-likeness (QED) is 0.458. The van der Waals surface area contributed by atoms with Gasteiger partial charge in [0.25, 0.3) is 0 Å². The zero-order valence-electron chi connectivity index (χ0n) is 17.5. The first-order chi connectivity index (χ1) is 14.2. The molecule has 0 bridgehead atoms. The summed E-state index contributed by atoms with van der Waals surface area (Å²) in [5, 5.41) is 11.0. The van der Waals surface area contributed by atoms with Crippen molar-refractivity contribution in [3.8, 4) is 5.69 Å². The zero-order chi connectivity index (χ0) is 20.5. The molecule has 2 aromatic carbocycles. The van der Waals surface area contributed by atoms with Crippen LogP contribution in [-0.4, -0.2) is 42.9 Å². The van der Waals surface area contributed by atoms with Gasteiger partial charge >= 0.3 is 0 Å². The van der Waals surface area contributed by atoms with E-state index in [2.05, 4.69) is 90.2 Å². The van der Waals surface area contributed by atoms with Gasteiger partial charge in [-0.1, -0.05) is 24.3 Å². The molecule has 0 spiro atoms. The highest BCUT2D eigenvalue weighted by Gasteiger charge is 2.01. The monoisotopic (exact) mass is 390 g/mol. The summed E-state index contributed by atoms with van der Waals surface area (Å²) in [4.78, 5) is 6.83. The van der Waals surface area contributed by atoms with E-state index >= 15 is 0 Å². The van der Waals surface area contributed by atoms with Crippen molar-refractivity contribution >= 4 is 11.6 Å². The molecule has 0 fully saturated rings. The van der Waals surface area contributed by atoms with Gasteiger partial charge in [0, 0.05) is 45.3 Å². The molecule has 3 aromatic rings. The molecule has 1 aromatic heterocycles. The van der Waals surface area contributed by atoms with E-state index in [9.17, 15) is 0 Å². The average molecular weight is 391 g/mol. The van der Waals surface area contributed by atoms with Crippen molar-refractivity contribution in [2.75, 3.05) is 32.1 Å². The van der Waals surface area contributed by atoms with Crippen molar-refractivity contribution in [1.29, 1.82) is 0 Å². The van der Waals surface area contributed by atoms with Gasteiger partial charge < -0.3 is 15.5 Å². The van der Waals surface area contributed by atoms with Crippen LogP contribution < -0.4 is 15.5 Å². The molecule has 0 saturated carbocycles. The van der Waals surface area contributed by atoms with Crippen molar-refractivity contribution in [3.63, 3.8) is 0 Å². The number of guanidine groups is 1. The molecule has 2 N–H and O–H groups in total. The van der Waals surface area contributed by atoms with E-state index in [1.807, 2.05) is 16.9 Å². The summed E-state index contributed by atoms with van der Waals surface area (Å²) in [5.74, 6) is 0.843. The molecular weight excluding hydrogens is 360 g/mol. The minimum absolute atomic E-state index is 0.648. The van der Waals surface area contributed by atoms with Crippen molar-refractivity contribution < 1.29 is 0 Å². The Labute approximate surface area is 173 Å². The Bertz CT molecular complexity index is 897. The fraction of sp³-hybridized carbons (Fsp3) is 0.304. The number of anilines is 1. The molecule has 6 heteroatoms. The zero-order valence-corrected chi connectivity index (χ0v) is 17.5. The van der Waals surface area contributed by atoms with Gasteiger partial charge in [-0.3, -0.25) is 0 Å². The van der Waals surface area contributed by atoms with Crippen LogP contribution in [0.3, 0.4) is 0 Å². The fourth-order valence-corrected chi connectivity index (χ4v) is 3.01. The Balaban J connectivity index is 1.53. The second-order valence-corrected chi connectivity index (χ2v) is 7.05. The van der Waals surface area contributed by atoms with Gasteiger partial charge in [0.15, 0.2) is 5.96 Å². The van der Waals surface area contributed by atoms with E-state index in [1.165, 1.54) is 16.8 Å². The smallest absolute Gasteiger partial charge is 0.191 e. The first kappa shape index (κ1) is 20.5. The van der Waals surface area contributed by atoms with Gasteiger partial charge in [-0.15, -0.1) is 0 Å². The molecular formula is C23H30N6. The number of aromatic nitrogens is 2. The maximum absolute atomic E-state index is 4.73. The number of hydrogen-bond acceptors (Lipinski definition) is 3. The maximum atomic E-state index is 4.73. The maximum Gasteiger partial charge on any atom is 0.191 e. The summed E-state index contributed by atoms with van der Waals surface area (Å²) in [5.41, 5.74) is 4.74. The van der Waals surface area contributed by atoms with Gasteiger partial charge in [0.1, 0.15) is 0 Å². The van der Waals surface area contributed by atoms with Crippen LogP contribution in [0.25, 0.3) is 5.69 Å². The van der Waals surface area contributed by atoms with Crippen LogP contribution >= 0.6 is 0 Å². The van der Waals surface area contributed by atoms with E-state index in [0.29, 0.717) is 6.54 Å². The fourth-order valence-electron chi connectivity index (χ4n) is 3.01. The molecule has 0 aliphatic heterocycles. The van der Waals surface area contributed by atoms with Gasteiger partial charge in [0.2, 0.25) is 0 Å². The van der Waals surface area contributed by atoms with E-state index < -0.39 is 0 Å². The van der Waals surface area contributed by atoms with Crippen LogP contribution in [0.1, 0.15) is 18.1 Å². The van der Waals surface area contributed by atoms with Gasteiger partial charge in [-0.2, -0.15) is 5.10 Å². The lowest BCUT2D eigenvalue weighted by Gasteiger charge is -2.14. The molecule has 0 unspecified atom stereocenters. The third-order valence-corrected chi connectivity index (χ3v) is 4.60. The molecule has 0 saturated heterocycles. The Morgan fingerprint density at radius 3 is 2.55 bits per heavy atom. The molecule has 152 valence electrons. The lowest BCUT2D eigenvalue weighted by molar-refractivity contribution is 0.799. The molecule has 0 atom stereocenters.